The van der Waals surface area contributed by atoms with Gasteiger partial charge in [0.2, 0.25) is 0 Å². The molecule has 150 valence electrons. The van der Waals surface area contributed by atoms with Crippen LogP contribution in [0.1, 0.15) is 33.6 Å². The number of rotatable bonds is 6. The highest BCUT2D eigenvalue weighted by atomic mass is 35.5. The zero-order chi connectivity index (χ0) is 21.4. The first-order chi connectivity index (χ1) is 13.1. The molecule has 0 saturated carbocycles. The summed E-state index contributed by atoms with van der Waals surface area (Å²) < 4.78 is 17.9. The molecule has 2 aromatic rings. The van der Waals surface area contributed by atoms with E-state index < -0.39 is 23.5 Å². The van der Waals surface area contributed by atoms with Crippen molar-refractivity contribution in [3.05, 3.63) is 62.3 Å². The standard InChI is InChI=1S/C11H11FO4.C7H3Cl3O2/c1-16-10-4-2-7(6-8(10)12)9(13)3-5-11(14)15;8-3-1-4(7(11)12)6(10)5(9)2-3/h2,4,6H,3,5H2,1H3,(H,14,15);1-2H,(H,11,12). The van der Waals surface area contributed by atoms with Crippen LogP contribution in [0.4, 0.5) is 4.39 Å². The van der Waals surface area contributed by atoms with E-state index in [1.165, 1.54) is 31.4 Å². The topological polar surface area (TPSA) is 101 Å². The lowest BCUT2D eigenvalue weighted by molar-refractivity contribution is -0.136. The SMILES string of the molecule is COc1ccc(C(=O)CCC(=O)O)cc1F.O=C(O)c1cc(Cl)cc(Cl)c1Cl. The van der Waals surface area contributed by atoms with Gasteiger partial charge in [-0.3, -0.25) is 9.59 Å². The summed E-state index contributed by atoms with van der Waals surface area (Å²) in [5, 5.41) is 17.4. The highest BCUT2D eigenvalue weighted by molar-refractivity contribution is 6.45. The van der Waals surface area contributed by atoms with Crippen molar-refractivity contribution in [3.63, 3.8) is 0 Å². The molecule has 2 rings (SSSR count). The highest BCUT2D eigenvalue weighted by Crippen LogP contribution is 2.29. The van der Waals surface area contributed by atoms with Crippen LogP contribution in [0.15, 0.2) is 30.3 Å². The molecule has 0 radical (unpaired) electrons. The number of methoxy groups -OCH3 is 1. The average molecular weight is 452 g/mol. The summed E-state index contributed by atoms with van der Waals surface area (Å²) in [6.07, 6.45) is -0.395. The van der Waals surface area contributed by atoms with Crippen LogP contribution in [0, 0.1) is 5.82 Å². The molecule has 6 nitrogen and oxygen atoms in total. The van der Waals surface area contributed by atoms with Crippen LogP contribution < -0.4 is 4.74 Å². The normalized spacial score (nSPS) is 9.89. The minimum absolute atomic E-state index is 0.00793. The molecule has 2 N–H and O–H groups in total. The van der Waals surface area contributed by atoms with Gasteiger partial charge < -0.3 is 14.9 Å². The second kappa shape index (κ2) is 10.8. The number of aliphatic carboxylic acids is 1. The third-order valence-electron chi connectivity index (χ3n) is 3.26. The van der Waals surface area contributed by atoms with E-state index in [0.29, 0.717) is 0 Å². The summed E-state index contributed by atoms with van der Waals surface area (Å²) in [6.45, 7) is 0. The molecule has 0 aliphatic heterocycles. The first-order valence-electron chi connectivity index (χ1n) is 7.53. The van der Waals surface area contributed by atoms with Gasteiger partial charge in [0.05, 0.1) is 29.1 Å². The summed E-state index contributed by atoms with van der Waals surface area (Å²) in [5.41, 5.74) is 0.0636. The van der Waals surface area contributed by atoms with Crippen LogP contribution in [-0.4, -0.2) is 35.0 Å². The lowest BCUT2D eigenvalue weighted by atomic mass is 10.1. The largest absolute Gasteiger partial charge is 0.494 e. The Morgan fingerprint density at radius 3 is 2.18 bits per heavy atom. The predicted molar refractivity (Wildman–Crippen MR) is 103 cm³/mol. The zero-order valence-corrected chi connectivity index (χ0v) is 16.6. The monoisotopic (exact) mass is 450 g/mol. The highest BCUT2D eigenvalue weighted by Gasteiger charge is 2.13. The molecule has 0 aliphatic carbocycles. The summed E-state index contributed by atoms with van der Waals surface area (Å²) in [5.74, 6) is -3.19. The number of carboxylic acids is 2. The van der Waals surface area contributed by atoms with Crippen molar-refractivity contribution in [1.82, 2.24) is 0 Å². The van der Waals surface area contributed by atoms with E-state index >= 15 is 0 Å². The molecule has 28 heavy (non-hydrogen) atoms. The smallest absolute Gasteiger partial charge is 0.337 e. The third kappa shape index (κ3) is 6.99. The molecule has 0 aromatic heterocycles. The van der Waals surface area contributed by atoms with Gasteiger partial charge >= 0.3 is 11.9 Å². The van der Waals surface area contributed by atoms with E-state index in [-0.39, 0.29) is 44.8 Å². The Bertz CT molecular complexity index is 901. The van der Waals surface area contributed by atoms with Crippen LogP contribution >= 0.6 is 34.8 Å². The molecule has 0 spiro atoms. The second-order valence-corrected chi connectivity index (χ2v) is 6.44. The van der Waals surface area contributed by atoms with Gasteiger partial charge in [-0.05, 0) is 30.3 Å². The van der Waals surface area contributed by atoms with Crippen LogP contribution in [-0.2, 0) is 4.79 Å². The van der Waals surface area contributed by atoms with Gasteiger partial charge in [-0.25, -0.2) is 9.18 Å². The Balaban J connectivity index is 0.000000292. The van der Waals surface area contributed by atoms with Gasteiger partial charge in [-0.2, -0.15) is 0 Å². The maximum absolute atomic E-state index is 13.2. The summed E-state index contributed by atoms with van der Waals surface area (Å²) in [6, 6.07) is 6.43. The molecule has 0 fully saturated rings. The number of ketones is 1. The van der Waals surface area contributed by atoms with Gasteiger partial charge in [0.25, 0.3) is 0 Å². The maximum Gasteiger partial charge on any atom is 0.337 e. The predicted octanol–water partition coefficient (Wildman–Crippen LogP) is 5.23. The van der Waals surface area contributed by atoms with Gasteiger partial charge in [-0.1, -0.05) is 34.8 Å². The molecule has 0 amide bonds. The molecule has 0 unspecified atom stereocenters. The molecule has 0 bridgehead atoms. The number of carbonyl (C=O) groups is 3. The van der Waals surface area contributed by atoms with E-state index in [4.69, 9.17) is 49.8 Å². The fraction of sp³-hybridized carbons (Fsp3) is 0.167. The number of hydrogen-bond acceptors (Lipinski definition) is 4. The van der Waals surface area contributed by atoms with Gasteiger partial charge in [-0.15, -0.1) is 0 Å². The molecule has 0 aliphatic rings. The Kier molecular flexibility index (Phi) is 9.18. The molecular weight excluding hydrogens is 438 g/mol. The van der Waals surface area contributed by atoms with Crippen LogP contribution in [0.5, 0.6) is 5.75 Å². The Hall–Kier alpha value is -2.35. The molecule has 0 heterocycles. The van der Waals surface area contributed by atoms with Gasteiger partial charge in [0.1, 0.15) is 0 Å². The lowest BCUT2D eigenvalue weighted by Gasteiger charge is -2.03. The molecule has 0 saturated heterocycles. The summed E-state index contributed by atoms with van der Waals surface area (Å²) in [4.78, 5) is 32.2. The first kappa shape index (κ1) is 23.7. The average Bonchev–Trinajstić information content (AvgIpc) is 2.62. The second-order valence-electron chi connectivity index (χ2n) is 5.22. The fourth-order valence-corrected chi connectivity index (χ4v) is 2.60. The Labute approximate surface area is 174 Å². The number of hydrogen-bond donors (Lipinski definition) is 2. The number of halogens is 4. The molecule has 2 aromatic carbocycles. The van der Waals surface area contributed by atoms with Crippen LogP contribution in [0.25, 0.3) is 0 Å². The first-order valence-corrected chi connectivity index (χ1v) is 8.66. The number of carboxylic acid groups (broad SMARTS) is 2. The van der Waals surface area contributed by atoms with Crippen LogP contribution in [0.2, 0.25) is 15.1 Å². The molecule has 10 heteroatoms. The maximum atomic E-state index is 13.2. The van der Waals surface area contributed by atoms with E-state index in [1.54, 1.807) is 0 Å². The van der Waals surface area contributed by atoms with Gasteiger partial charge in [0, 0.05) is 17.0 Å². The number of benzene rings is 2. The molecule has 0 atom stereocenters. The minimum atomic E-state index is -1.15. The Morgan fingerprint density at radius 2 is 1.68 bits per heavy atom. The van der Waals surface area contributed by atoms with Crippen molar-refractivity contribution >= 4 is 52.5 Å². The van der Waals surface area contributed by atoms with E-state index in [9.17, 15) is 18.8 Å². The van der Waals surface area contributed by atoms with E-state index in [0.717, 1.165) is 6.07 Å². The number of Topliss-reactive ketones (excluding diaryl/α,β-unsaturated/α-hetero) is 1. The quantitative estimate of drug-likeness (QED) is 0.461. The lowest BCUT2D eigenvalue weighted by Crippen LogP contribution is -2.04. The number of ether oxygens (including phenoxy) is 1. The van der Waals surface area contributed by atoms with E-state index in [1.807, 2.05) is 0 Å². The summed E-state index contributed by atoms with van der Waals surface area (Å²) >= 11 is 16.7. The van der Waals surface area contributed by atoms with Crippen molar-refractivity contribution < 1.29 is 33.7 Å². The van der Waals surface area contributed by atoms with Crippen molar-refractivity contribution in [1.29, 1.82) is 0 Å². The minimum Gasteiger partial charge on any atom is -0.494 e. The number of carbonyl (C=O) groups excluding carboxylic acids is 1. The molecular formula is C18H14Cl3FO6. The van der Waals surface area contributed by atoms with Gasteiger partial charge in [0.15, 0.2) is 17.3 Å². The zero-order valence-electron chi connectivity index (χ0n) is 14.3. The van der Waals surface area contributed by atoms with Crippen molar-refractivity contribution in [2.45, 2.75) is 12.8 Å². The fourth-order valence-electron chi connectivity index (χ4n) is 1.92. The third-order valence-corrected chi connectivity index (χ3v) is 4.28. The van der Waals surface area contributed by atoms with Crippen molar-refractivity contribution in [3.8, 4) is 5.75 Å². The van der Waals surface area contributed by atoms with Crippen LogP contribution in [0.3, 0.4) is 0 Å². The van der Waals surface area contributed by atoms with Crippen molar-refractivity contribution in [2.75, 3.05) is 7.11 Å². The van der Waals surface area contributed by atoms with E-state index in [2.05, 4.69) is 0 Å². The Morgan fingerprint density at radius 1 is 1.04 bits per heavy atom. The summed E-state index contributed by atoms with van der Waals surface area (Å²) in [7, 11) is 1.32. The number of aromatic carboxylic acids is 1. The van der Waals surface area contributed by atoms with Crippen molar-refractivity contribution in [2.24, 2.45) is 0 Å².